The first-order valence-corrected chi connectivity index (χ1v) is 6.64. The highest BCUT2D eigenvalue weighted by Gasteiger charge is 2.21. The van der Waals surface area contributed by atoms with Gasteiger partial charge in [-0.15, -0.1) is 11.3 Å². The van der Waals surface area contributed by atoms with Crippen molar-refractivity contribution in [2.75, 3.05) is 0 Å². The van der Waals surface area contributed by atoms with Gasteiger partial charge in [-0.25, -0.2) is 9.78 Å². The van der Waals surface area contributed by atoms with Crippen LogP contribution in [0.3, 0.4) is 0 Å². The lowest BCUT2D eigenvalue weighted by atomic mass is 10.1. The summed E-state index contributed by atoms with van der Waals surface area (Å²) in [5.41, 5.74) is 5.63. The topological polar surface area (TPSA) is 105 Å². The van der Waals surface area contributed by atoms with Gasteiger partial charge in [0.2, 0.25) is 0 Å². The summed E-state index contributed by atoms with van der Waals surface area (Å²) in [4.78, 5) is 26.8. The van der Waals surface area contributed by atoms with Crippen molar-refractivity contribution in [3.8, 4) is 0 Å². The quantitative estimate of drug-likeness (QED) is 0.685. The highest BCUT2D eigenvalue weighted by Crippen LogP contribution is 2.09. The molecular weight excluding hydrogens is 254 g/mol. The molecule has 1 amide bonds. The molecule has 7 heteroatoms. The molecular formula is C11H17N3O3S. The van der Waals surface area contributed by atoms with E-state index in [0.29, 0.717) is 11.4 Å². The molecule has 0 saturated carbocycles. The zero-order valence-corrected chi connectivity index (χ0v) is 11.0. The summed E-state index contributed by atoms with van der Waals surface area (Å²) < 4.78 is 0. The van der Waals surface area contributed by atoms with Gasteiger partial charge in [-0.05, 0) is 6.42 Å². The van der Waals surface area contributed by atoms with E-state index >= 15 is 0 Å². The molecule has 1 atom stereocenters. The number of nitrogens with one attached hydrogen (secondary N) is 1. The molecule has 0 spiro atoms. The molecule has 0 bridgehead atoms. The third kappa shape index (κ3) is 4.08. The van der Waals surface area contributed by atoms with Gasteiger partial charge in [0.15, 0.2) is 0 Å². The van der Waals surface area contributed by atoms with Crippen LogP contribution in [0.4, 0.5) is 0 Å². The van der Waals surface area contributed by atoms with E-state index < -0.39 is 17.9 Å². The molecule has 1 aromatic heterocycles. The van der Waals surface area contributed by atoms with Crippen molar-refractivity contribution in [2.24, 2.45) is 5.73 Å². The van der Waals surface area contributed by atoms with Crippen LogP contribution in [0.2, 0.25) is 0 Å². The minimum Gasteiger partial charge on any atom is -0.480 e. The first-order chi connectivity index (χ1) is 8.58. The van der Waals surface area contributed by atoms with Crippen LogP contribution in [0.15, 0.2) is 5.38 Å². The van der Waals surface area contributed by atoms with E-state index in [0.717, 1.165) is 12.8 Å². The summed E-state index contributed by atoms with van der Waals surface area (Å²) >= 11 is 1.29. The number of carbonyl (C=O) groups excluding carboxylic acids is 1. The molecule has 0 unspecified atom stereocenters. The maximum Gasteiger partial charge on any atom is 0.326 e. The highest BCUT2D eigenvalue weighted by molar-refractivity contribution is 7.09. The zero-order valence-electron chi connectivity index (χ0n) is 10.2. The van der Waals surface area contributed by atoms with Gasteiger partial charge in [0.1, 0.15) is 16.7 Å². The van der Waals surface area contributed by atoms with E-state index in [4.69, 9.17) is 10.8 Å². The monoisotopic (exact) mass is 271 g/mol. The average molecular weight is 271 g/mol. The molecule has 0 aliphatic carbocycles. The zero-order chi connectivity index (χ0) is 13.5. The van der Waals surface area contributed by atoms with Crippen LogP contribution in [0, 0.1) is 0 Å². The van der Waals surface area contributed by atoms with Crippen molar-refractivity contribution in [3.63, 3.8) is 0 Å². The molecule has 6 nitrogen and oxygen atoms in total. The highest BCUT2D eigenvalue weighted by atomic mass is 32.1. The number of carboxylic acid groups (broad SMARTS) is 1. The number of aromatic nitrogens is 1. The van der Waals surface area contributed by atoms with E-state index in [-0.39, 0.29) is 12.2 Å². The minimum absolute atomic E-state index is 0.225. The van der Waals surface area contributed by atoms with E-state index in [2.05, 4.69) is 10.3 Å². The van der Waals surface area contributed by atoms with Crippen molar-refractivity contribution in [3.05, 3.63) is 16.1 Å². The number of hydrogen-bond acceptors (Lipinski definition) is 5. The predicted octanol–water partition coefficient (Wildman–Crippen LogP) is 0.975. The molecule has 0 aromatic carbocycles. The summed E-state index contributed by atoms with van der Waals surface area (Å²) in [5.74, 6) is -1.49. The van der Waals surface area contributed by atoms with Crippen LogP contribution in [0.5, 0.6) is 0 Å². The molecule has 0 aliphatic rings. The number of thiazole rings is 1. The van der Waals surface area contributed by atoms with Crippen molar-refractivity contribution in [2.45, 2.75) is 38.8 Å². The van der Waals surface area contributed by atoms with Crippen LogP contribution in [-0.2, 0) is 11.3 Å². The fourth-order valence-electron chi connectivity index (χ4n) is 1.41. The van der Waals surface area contributed by atoms with Crippen molar-refractivity contribution in [1.82, 2.24) is 10.3 Å². The molecule has 1 heterocycles. The Morgan fingerprint density at radius 1 is 1.61 bits per heavy atom. The number of nitrogens with two attached hydrogens (primary N) is 1. The first-order valence-electron chi connectivity index (χ1n) is 5.76. The van der Waals surface area contributed by atoms with Crippen molar-refractivity contribution >= 4 is 23.2 Å². The molecule has 4 N–H and O–H groups in total. The molecule has 0 radical (unpaired) electrons. The number of nitrogens with zero attached hydrogens (tertiary/aromatic N) is 1. The minimum atomic E-state index is -1.02. The third-order valence-electron chi connectivity index (χ3n) is 2.41. The van der Waals surface area contributed by atoms with E-state index in [1.165, 1.54) is 11.3 Å². The Morgan fingerprint density at radius 2 is 2.33 bits per heavy atom. The molecule has 0 aliphatic heterocycles. The Labute approximate surface area is 109 Å². The first kappa shape index (κ1) is 14.6. The summed E-state index contributed by atoms with van der Waals surface area (Å²) in [6.07, 6.45) is 2.06. The van der Waals surface area contributed by atoms with Crippen LogP contribution in [0.1, 0.15) is 41.7 Å². The molecule has 1 rings (SSSR count). The second-order valence-electron chi connectivity index (χ2n) is 3.84. The lowest BCUT2D eigenvalue weighted by molar-refractivity contribution is -0.139. The normalized spacial score (nSPS) is 12.1. The molecule has 0 fully saturated rings. The van der Waals surface area contributed by atoms with Crippen molar-refractivity contribution < 1.29 is 14.7 Å². The van der Waals surface area contributed by atoms with Gasteiger partial charge in [0, 0.05) is 11.9 Å². The lowest BCUT2D eigenvalue weighted by Crippen LogP contribution is -2.40. The Balaban J connectivity index is 2.62. The average Bonchev–Trinajstić information content (AvgIpc) is 2.82. The summed E-state index contributed by atoms with van der Waals surface area (Å²) in [6, 6.07) is -0.861. The molecule has 100 valence electrons. The van der Waals surface area contributed by atoms with Gasteiger partial charge in [-0.1, -0.05) is 19.8 Å². The molecule has 18 heavy (non-hydrogen) atoms. The van der Waals surface area contributed by atoms with Crippen LogP contribution < -0.4 is 11.1 Å². The fourth-order valence-corrected chi connectivity index (χ4v) is 2.06. The number of carboxylic acids is 1. The Kier molecular flexibility index (Phi) is 5.73. The second kappa shape index (κ2) is 7.07. The number of aliphatic carboxylic acids is 1. The SMILES string of the molecule is CCCC[C@H](NC(=O)c1csc(CN)n1)C(=O)O. The summed E-state index contributed by atoms with van der Waals surface area (Å²) in [6.45, 7) is 2.24. The molecule has 1 aromatic rings. The molecule has 0 saturated heterocycles. The van der Waals surface area contributed by atoms with Crippen LogP contribution >= 0.6 is 11.3 Å². The maximum absolute atomic E-state index is 11.8. The number of rotatable bonds is 7. The maximum atomic E-state index is 11.8. The Hall–Kier alpha value is -1.47. The summed E-state index contributed by atoms with van der Waals surface area (Å²) in [5, 5.41) is 13.7. The summed E-state index contributed by atoms with van der Waals surface area (Å²) in [7, 11) is 0. The number of hydrogen-bond donors (Lipinski definition) is 3. The Morgan fingerprint density at radius 3 is 2.83 bits per heavy atom. The smallest absolute Gasteiger partial charge is 0.326 e. The number of carbonyl (C=O) groups is 2. The number of unbranched alkanes of at least 4 members (excludes halogenated alkanes) is 1. The standard InChI is InChI=1S/C11H17N3O3S/c1-2-3-4-7(11(16)17)14-10(15)8-6-18-9(5-12)13-8/h6-7H,2-5,12H2,1H3,(H,14,15)(H,16,17)/t7-/m0/s1. The van der Waals surface area contributed by atoms with Gasteiger partial charge >= 0.3 is 5.97 Å². The van der Waals surface area contributed by atoms with E-state index in [1.54, 1.807) is 5.38 Å². The fraction of sp³-hybridized carbons (Fsp3) is 0.545. The van der Waals surface area contributed by atoms with Crippen LogP contribution in [0.25, 0.3) is 0 Å². The van der Waals surface area contributed by atoms with Gasteiger partial charge in [-0.2, -0.15) is 0 Å². The van der Waals surface area contributed by atoms with E-state index in [1.807, 2.05) is 6.92 Å². The second-order valence-corrected chi connectivity index (χ2v) is 4.78. The van der Waals surface area contributed by atoms with E-state index in [9.17, 15) is 9.59 Å². The predicted molar refractivity (Wildman–Crippen MR) is 68.4 cm³/mol. The lowest BCUT2D eigenvalue weighted by Gasteiger charge is -2.12. The van der Waals surface area contributed by atoms with Crippen molar-refractivity contribution in [1.29, 1.82) is 0 Å². The van der Waals surface area contributed by atoms with Crippen LogP contribution in [-0.4, -0.2) is 28.0 Å². The number of amides is 1. The largest absolute Gasteiger partial charge is 0.480 e. The van der Waals surface area contributed by atoms with Gasteiger partial charge < -0.3 is 16.2 Å². The van der Waals surface area contributed by atoms with Gasteiger partial charge in [0.25, 0.3) is 5.91 Å². The third-order valence-corrected chi connectivity index (χ3v) is 3.28. The van der Waals surface area contributed by atoms with Gasteiger partial charge in [-0.3, -0.25) is 4.79 Å². The Bertz CT molecular complexity index is 419. The van der Waals surface area contributed by atoms with Gasteiger partial charge in [0.05, 0.1) is 0 Å².